The van der Waals surface area contributed by atoms with Gasteiger partial charge >= 0.3 is 17.7 Å². The zero-order valence-corrected chi connectivity index (χ0v) is 13.8. The van der Waals surface area contributed by atoms with E-state index >= 15 is 0 Å². The van der Waals surface area contributed by atoms with Gasteiger partial charge in [-0.05, 0) is 0 Å². The molecule has 0 unspecified atom stereocenters. The van der Waals surface area contributed by atoms with Gasteiger partial charge in [0.15, 0.2) is 0 Å². The molecule has 0 bridgehead atoms. The number of carboxylic acid groups (broad SMARTS) is 1. The molecule has 1 fully saturated rings. The zero-order valence-electron chi connectivity index (χ0n) is 13.8. The first-order valence-corrected chi connectivity index (χ1v) is 7.63. The fourth-order valence-electron chi connectivity index (χ4n) is 2.49. The molecule has 0 aromatic carbocycles. The van der Waals surface area contributed by atoms with E-state index in [-0.39, 0.29) is 6.42 Å². The summed E-state index contributed by atoms with van der Waals surface area (Å²) in [5.74, 6) is -5.88. The summed E-state index contributed by atoms with van der Waals surface area (Å²) in [6.07, 6.45) is -7.76. The fourth-order valence-corrected chi connectivity index (χ4v) is 2.49. The van der Waals surface area contributed by atoms with Gasteiger partial charge in [-0.25, -0.2) is 4.79 Å². The lowest BCUT2D eigenvalue weighted by molar-refractivity contribution is -0.301. The van der Waals surface area contributed by atoms with Crippen LogP contribution in [0.1, 0.15) is 26.7 Å². The van der Waals surface area contributed by atoms with Gasteiger partial charge in [-0.3, -0.25) is 9.59 Å². The predicted molar refractivity (Wildman–Crippen MR) is 79.0 cm³/mol. The number of aliphatic hydroxyl groups excluding tert-OH is 4. The van der Waals surface area contributed by atoms with E-state index < -0.39 is 67.1 Å². The second-order valence-electron chi connectivity index (χ2n) is 5.71. The third-order valence-corrected chi connectivity index (χ3v) is 3.75. The van der Waals surface area contributed by atoms with Crippen molar-refractivity contribution in [3.8, 4) is 0 Å². The minimum Gasteiger partial charge on any atom is -0.476 e. The maximum atomic E-state index is 11.6. The van der Waals surface area contributed by atoms with E-state index in [1.807, 2.05) is 0 Å². The highest BCUT2D eigenvalue weighted by Gasteiger charge is 2.57. The molecule has 144 valence electrons. The number of nitrogens with one attached hydrogen (secondary N) is 1. The number of carbonyl (C=O) groups is 3. The molecule has 6 atom stereocenters. The molecule has 0 aromatic rings. The Morgan fingerprint density at radius 3 is 2.40 bits per heavy atom. The van der Waals surface area contributed by atoms with Crippen LogP contribution < -0.4 is 5.32 Å². The standard InChI is InChI=1S/C14H23NO10/c1-3-9(20)24-14(13(22)23)4-7(18)10(15-6(2)17)12(25-14)11(21)8(19)5-16/h7-8,10-12,16,18-19,21H,3-5H2,1-2H3,(H,15,17)(H,22,23)/t7-,8+,10+,11+,12+,14-/m0/s1. The molecule has 11 nitrogen and oxygen atoms in total. The van der Waals surface area contributed by atoms with Crippen LogP contribution in [0.3, 0.4) is 0 Å². The smallest absolute Gasteiger partial charge is 0.377 e. The number of esters is 1. The Hall–Kier alpha value is -1.79. The van der Waals surface area contributed by atoms with E-state index in [1.54, 1.807) is 0 Å². The molecule has 11 heteroatoms. The molecule has 0 saturated carbocycles. The first-order valence-electron chi connectivity index (χ1n) is 7.63. The Kier molecular flexibility index (Phi) is 7.26. The Morgan fingerprint density at radius 2 is 1.96 bits per heavy atom. The molecular weight excluding hydrogens is 342 g/mol. The second kappa shape index (κ2) is 8.54. The van der Waals surface area contributed by atoms with E-state index in [0.717, 1.165) is 6.92 Å². The topological polar surface area (TPSA) is 183 Å². The van der Waals surface area contributed by atoms with Gasteiger partial charge in [0, 0.05) is 13.3 Å². The summed E-state index contributed by atoms with van der Waals surface area (Å²) < 4.78 is 10.1. The van der Waals surface area contributed by atoms with Crippen molar-refractivity contribution in [2.75, 3.05) is 6.61 Å². The molecule has 1 heterocycles. The third-order valence-electron chi connectivity index (χ3n) is 3.75. The van der Waals surface area contributed by atoms with Crippen LogP contribution in [0.4, 0.5) is 0 Å². The largest absolute Gasteiger partial charge is 0.476 e. The average Bonchev–Trinajstić information content (AvgIpc) is 2.54. The Labute approximate surface area is 143 Å². The Morgan fingerprint density at radius 1 is 1.36 bits per heavy atom. The second-order valence-corrected chi connectivity index (χ2v) is 5.71. The molecule has 0 spiro atoms. The van der Waals surface area contributed by atoms with Crippen LogP contribution in [0.5, 0.6) is 0 Å². The maximum Gasteiger partial charge on any atom is 0.377 e. The molecular formula is C14H23NO10. The highest BCUT2D eigenvalue weighted by atomic mass is 16.7. The number of aliphatic hydroxyl groups is 4. The van der Waals surface area contributed by atoms with Crippen molar-refractivity contribution in [1.29, 1.82) is 0 Å². The summed E-state index contributed by atoms with van der Waals surface area (Å²) in [5.41, 5.74) is 0. The van der Waals surface area contributed by atoms with Crippen molar-refractivity contribution in [3.63, 3.8) is 0 Å². The summed E-state index contributed by atoms with van der Waals surface area (Å²) in [7, 11) is 0. The number of hydrogen-bond acceptors (Lipinski definition) is 9. The van der Waals surface area contributed by atoms with Crippen molar-refractivity contribution < 1.29 is 49.4 Å². The van der Waals surface area contributed by atoms with Crippen molar-refractivity contribution in [1.82, 2.24) is 5.32 Å². The first kappa shape index (κ1) is 21.3. The van der Waals surface area contributed by atoms with Crippen LogP contribution in [0, 0.1) is 0 Å². The molecule has 1 aliphatic rings. The van der Waals surface area contributed by atoms with Gasteiger partial charge in [0.05, 0.1) is 25.2 Å². The van der Waals surface area contributed by atoms with Crippen LogP contribution in [0.25, 0.3) is 0 Å². The lowest BCUT2D eigenvalue weighted by Crippen LogP contribution is -2.68. The van der Waals surface area contributed by atoms with Gasteiger partial charge in [0.2, 0.25) is 5.91 Å². The Bertz CT molecular complexity index is 512. The van der Waals surface area contributed by atoms with Gasteiger partial charge in [-0.15, -0.1) is 0 Å². The molecule has 6 N–H and O–H groups in total. The van der Waals surface area contributed by atoms with Crippen LogP contribution in [-0.2, 0) is 23.9 Å². The number of amides is 1. The van der Waals surface area contributed by atoms with E-state index in [4.69, 9.17) is 14.6 Å². The molecule has 0 radical (unpaired) electrons. The minimum absolute atomic E-state index is 0.171. The number of aliphatic carboxylic acids is 1. The number of carboxylic acids is 1. The fraction of sp³-hybridized carbons (Fsp3) is 0.786. The van der Waals surface area contributed by atoms with E-state index in [0.29, 0.717) is 0 Å². The monoisotopic (exact) mass is 365 g/mol. The van der Waals surface area contributed by atoms with Crippen LogP contribution in [-0.4, -0.2) is 86.2 Å². The molecule has 0 aromatic heterocycles. The summed E-state index contributed by atoms with van der Waals surface area (Å²) in [6, 6.07) is -1.30. The number of hydrogen-bond donors (Lipinski definition) is 6. The lowest BCUT2D eigenvalue weighted by Gasteiger charge is -2.46. The highest BCUT2D eigenvalue weighted by Crippen LogP contribution is 2.33. The molecule has 1 saturated heterocycles. The number of carbonyl (C=O) groups excluding carboxylic acids is 2. The van der Waals surface area contributed by atoms with Crippen LogP contribution >= 0.6 is 0 Å². The number of rotatable bonds is 7. The van der Waals surface area contributed by atoms with Gasteiger partial charge < -0.3 is 40.3 Å². The summed E-state index contributed by atoms with van der Waals surface area (Å²) in [5, 5.41) is 50.7. The lowest BCUT2D eigenvalue weighted by atomic mass is 9.88. The van der Waals surface area contributed by atoms with Crippen molar-refractivity contribution in [3.05, 3.63) is 0 Å². The van der Waals surface area contributed by atoms with Crippen LogP contribution in [0.2, 0.25) is 0 Å². The maximum absolute atomic E-state index is 11.6. The van der Waals surface area contributed by atoms with E-state index in [2.05, 4.69) is 5.32 Å². The number of ether oxygens (including phenoxy) is 2. The molecule has 25 heavy (non-hydrogen) atoms. The van der Waals surface area contributed by atoms with Crippen molar-refractivity contribution >= 4 is 17.8 Å². The summed E-state index contributed by atoms with van der Waals surface area (Å²) >= 11 is 0. The zero-order chi connectivity index (χ0) is 19.4. The summed E-state index contributed by atoms with van der Waals surface area (Å²) in [4.78, 5) is 34.5. The third kappa shape index (κ3) is 4.86. The normalized spacial score (nSPS) is 31.7. The first-order chi connectivity index (χ1) is 11.6. The van der Waals surface area contributed by atoms with Gasteiger partial charge in [0.1, 0.15) is 18.3 Å². The molecule has 1 amide bonds. The Balaban J connectivity index is 3.24. The van der Waals surface area contributed by atoms with Crippen LogP contribution in [0.15, 0.2) is 0 Å². The highest BCUT2D eigenvalue weighted by molar-refractivity contribution is 5.81. The SMILES string of the molecule is CCC(=O)O[C@@]1(C(=O)O)C[C@H](O)[C@@H](NC(C)=O)[C@H]([C@H](O)[C@H](O)CO)O1. The molecule has 1 aliphatic heterocycles. The van der Waals surface area contributed by atoms with Gasteiger partial charge in [-0.1, -0.05) is 6.92 Å². The average molecular weight is 365 g/mol. The van der Waals surface area contributed by atoms with Crippen molar-refractivity contribution in [2.24, 2.45) is 0 Å². The van der Waals surface area contributed by atoms with Gasteiger partial charge in [-0.2, -0.15) is 0 Å². The van der Waals surface area contributed by atoms with Gasteiger partial charge in [0.25, 0.3) is 0 Å². The van der Waals surface area contributed by atoms with E-state index in [1.165, 1.54) is 6.92 Å². The quantitative estimate of drug-likeness (QED) is 0.256. The van der Waals surface area contributed by atoms with E-state index in [9.17, 15) is 34.8 Å². The minimum atomic E-state index is -2.61. The summed E-state index contributed by atoms with van der Waals surface area (Å²) in [6.45, 7) is 1.65. The predicted octanol–water partition coefficient (Wildman–Crippen LogP) is -2.91. The van der Waals surface area contributed by atoms with Crippen molar-refractivity contribution in [2.45, 2.75) is 62.9 Å². The molecule has 0 aliphatic carbocycles. The molecule has 1 rings (SSSR count).